The SMILES string of the molecule is COCCC(=O)N[C@H]1CC[C@]2(C)CC[C@@H]([C@H](C)C(=O)NCc3ccccn3)[C@H](O)[C@H]2[C@@H]1C. The number of amides is 2. The highest BCUT2D eigenvalue weighted by Gasteiger charge is 2.53. The second-order valence-corrected chi connectivity index (χ2v) is 10.0. The molecule has 1 aromatic rings. The molecule has 7 nitrogen and oxygen atoms in total. The Morgan fingerprint density at radius 1 is 1.31 bits per heavy atom. The lowest BCUT2D eigenvalue weighted by Crippen LogP contribution is -2.58. The minimum absolute atomic E-state index is 0.00332. The molecule has 0 aliphatic heterocycles. The van der Waals surface area contributed by atoms with E-state index in [2.05, 4.69) is 29.5 Å². The molecule has 1 heterocycles. The molecular formula is C25H39N3O4. The van der Waals surface area contributed by atoms with Gasteiger partial charge in [-0.1, -0.05) is 26.8 Å². The van der Waals surface area contributed by atoms with Gasteiger partial charge in [0, 0.05) is 31.7 Å². The number of methoxy groups -OCH3 is 1. The molecule has 0 bridgehead atoms. The Bertz CT molecular complexity index is 774. The van der Waals surface area contributed by atoms with Gasteiger partial charge in [-0.3, -0.25) is 14.6 Å². The van der Waals surface area contributed by atoms with E-state index in [0.717, 1.165) is 31.4 Å². The summed E-state index contributed by atoms with van der Waals surface area (Å²) in [6, 6.07) is 5.68. The number of hydrogen-bond acceptors (Lipinski definition) is 5. The summed E-state index contributed by atoms with van der Waals surface area (Å²) in [5.74, 6) is -0.243. The van der Waals surface area contributed by atoms with E-state index < -0.39 is 6.10 Å². The Balaban J connectivity index is 1.64. The van der Waals surface area contributed by atoms with Crippen LogP contribution in [-0.4, -0.2) is 47.8 Å². The van der Waals surface area contributed by atoms with Crippen LogP contribution in [0.25, 0.3) is 0 Å². The van der Waals surface area contributed by atoms with Crippen LogP contribution in [-0.2, 0) is 20.9 Å². The molecule has 0 aromatic carbocycles. The molecule has 0 radical (unpaired) electrons. The third kappa shape index (κ3) is 5.49. The van der Waals surface area contributed by atoms with E-state index in [4.69, 9.17) is 4.74 Å². The van der Waals surface area contributed by atoms with Gasteiger partial charge in [-0.15, -0.1) is 0 Å². The van der Waals surface area contributed by atoms with Gasteiger partial charge >= 0.3 is 0 Å². The van der Waals surface area contributed by atoms with Gasteiger partial charge in [-0.25, -0.2) is 0 Å². The van der Waals surface area contributed by atoms with Crippen molar-refractivity contribution in [2.24, 2.45) is 29.1 Å². The fraction of sp³-hybridized carbons (Fsp3) is 0.720. The summed E-state index contributed by atoms with van der Waals surface area (Å²) in [4.78, 5) is 29.4. The summed E-state index contributed by atoms with van der Waals surface area (Å²) in [5, 5.41) is 17.6. The quantitative estimate of drug-likeness (QED) is 0.571. The van der Waals surface area contributed by atoms with Gasteiger partial charge in [0.05, 0.1) is 24.9 Å². The molecule has 0 saturated heterocycles. The maximum Gasteiger partial charge on any atom is 0.223 e. The largest absolute Gasteiger partial charge is 0.392 e. The Labute approximate surface area is 191 Å². The van der Waals surface area contributed by atoms with Crippen molar-refractivity contribution < 1.29 is 19.4 Å². The standard InChI is InChI=1S/C25H39N3O4/c1-16(24(31)27-15-18-7-5-6-13-26-18)19-8-11-25(3)12-9-20(17(2)22(25)23(19)30)28-21(29)10-14-32-4/h5-7,13,16-17,19-20,22-23,30H,8-12,14-15H2,1-4H3,(H,27,31)(H,28,29)/t16-,17+,19-,20-,22+,23-,25-/m0/s1. The van der Waals surface area contributed by atoms with E-state index in [1.54, 1.807) is 13.3 Å². The number of fused-ring (bicyclic) bond motifs is 1. The Morgan fingerprint density at radius 3 is 2.75 bits per heavy atom. The molecule has 7 heteroatoms. The van der Waals surface area contributed by atoms with Crippen molar-refractivity contribution in [3.63, 3.8) is 0 Å². The van der Waals surface area contributed by atoms with E-state index >= 15 is 0 Å². The Morgan fingerprint density at radius 2 is 2.06 bits per heavy atom. The molecule has 3 N–H and O–H groups in total. The first-order valence-electron chi connectivity index (χ1n) is 11.9. The summed E-state index contributed by atoms with van der Waals surface area (Å²) in [6.45, 7) is 7.12. The number of aromatic nitrogens is 1. The molecule has 0 spiro atoms. The number of ether oxygens (including phenoxy) is 1. The van der Waals surface area contributed by atoms with Crippen LogP contribution in [0.3, 0.4) is 0 Å². The molecule has 2 saturated carbocycles. The van der Waals surface area contributed by atoms with E-state index in [9.17, 15) is 14.7 Å². The van der Waals surface area contributed by atoms with Crippen LogP contribution in [0.2, 0.25) is 0 Å². The van der Waals surface area contributed by atoms with Crippen molar-refractivity contribution in [1.29, 1.82) is 0 Å². The number of pyridine rings is 1. The maximum absolute atomic E-state index is 12.9. The highest BCUT2D eigenvalue weighted by molar-refractivity contribution is 5.78. The second kappa shape index (κ2) is 10.8. The fourth-order valence-corrected chi connectivity index (χ4v) is 6.01. The third-order valence-electron chi connectivity index (χ3n) is 7.99. The van der Waals surface area contributed by atoms with Crippen LogP contribution < -0.4 is 10.6 Å². The zero-order valence-electron chi connectivity index (χ0n) is 19.8. The van der Waals surface area contributed by atoms with E-state index in [0.29, 0.717) is 19.6 Å². The van der Waals surface area contributed by atoms with Crippen molar-refractivity contribution in [2.75, 3.05) is 13.7 Å². The van der Waals surface area contributed by atoms with E-state index in [1.807, 2.05) is 25.1 Å². The van der Waals surface area contributed by atoms with Crippen LogP contribution in [0.4, 0.5) is 0 Å². The van der Waals surface area contributed by atoms with Crippen LogP contribution in [0.5, 0.6) is 0 Å². The molecule has 0 unspecified atom stereocenters. The molecule has 2 fully saturated rings. The molecule has 3 rings (SSSR count). The van der Waals surface area contributed by atoms with Crippen molar-refractivity contribution in [2.45, 2.75) is 71.6 Å². The average molecular weight is 446 g/mol. The van der Waals surface area contributed by atoms with E-state index in [-0.39, 0.29) is 46.9 Å². The molecule has 2 aliphatic rings. The highest BCUT2D eigenvalue weighted by atomic mass is 16.5. The number of carbonyl (C=O) groups excluding carboxylic acids is 2. The molecule has 7 atom stereocenters. The fourth-order valence-electron chi connectivity index (χ4n) is 6.01. The first kappa shape index (κ1) is 24.6. The highest BCUT2D eigenvalue weighted by Crippen LogP contribution is 2.55. The summed E-state index contributed by atoms with van der Waals surface area (Å²) >= 11 is 0. The minimum atomic E-state index is -0.571. The van der Waals surface area contributed by atoms with Crippen LogP contribution in [0.1, 0.15) is 58.6 Å². The first-order chi connectivity index (χ1) is 15.3. The Hall–Kier alpha value is -1.99. The maximum atomic E-state index is 12.9. The Kier molecular flexibility index (Phi) is 8.28. The lowest BCUT2D eigenvalue weighted by atomic mass is 9.51. The van der Waals surface area contributed by atoms with Gasteiger partial charge < -0.3 is 20.5 Å². The van der Waals surface area contributed by atoms with Crippen molar-refractivity contribution in [3.05, 3.63) is 30.1 Å². The van der Waals surface area contributed by atoms with Gasteiger partial charge in [0.1, 0.15) is 0 Å². The summed E-state index contributed by atoms with van der Waals surface area (Å²) in [7, 11) is 1.59. The van der Waals surface area contributed by atoms with Crippen LogP contribution >= 0.6 is 0 Å². The monoisotopic (exact) mass is 445 g/mol. The van der Waals surface area contributed by atoms with Gasteiger partial charge in [0.25, 0.3) is 0 Å². The lowest BCUT2D eigenvalue weighted by Gasteiger charge is -2.56. The minimum Gasteiger partial charge on any atom is -0.392 e. The molecule has 1 aromatic heterocycles. The number of rotatable bonds is 8. The normalized spacial score (nSPS) is 33.1. The number of aliphatic hydroxyl groups excluding tert-OH is 1. The zero-order chi connectivity index (χ0) is 23.3. The van der Waals surface area contributed by atoms with Crippen LogP contribution in [0, 0.1) is 29.1 Å². The number of aliphatic hydroxyl groups is 1. The topological polar surface area (TPSA) is 101 Å². The molecule has 2 aliphatic carbocycles. The van der Waals surface area contributed by atoms with Crippen LogP contribution in [0.15, 0.2) is 24.4 Å². The zero-order valence-corrected chi connectivity index (χ0v) is 19.8. The molecule has 178 valence electrons. The average Bonchev–Trinajstić information content (AvgIpc) is 2.78. The predicted octanol–water partition coefficient (Wildman–Crippen LogP) is 2.68. The first-order valence-corrected chi connectivity index (χ1v) is 11.9. The lowest BCUT2D eigenvalue weighted by molar-refractivity contribution is -0.144. The number of carbonyl (C=O) groups is 2. The predicted molar refractivity (Wildman–Crippen MR) is 122 cm³/mol. The molecule has 32 heavy (non-hydrogen) atoms. The summed E-state index contributed by atoms with van der Waals surface area (Å²) < 4.78 is 5.02. The van der Waals surface area contributed by atoms with Gasteiger partial charge in [-0.05, 0) is 61.0 Å². The van der Waals surface area contributed by atoms with Crippen molar-refractivity contribution in [3.8, 4) is 0 Å². The molecule has 2 amide bonds. The van der Waals surface area contributed by atoms with Gasteiger partial charge in [-0.2, -0.15) is 0 Å². The number of nitrogens with one attached hydrogen (secondary N) is 2. The van der Waals surface area contributed by atoms with E-state index in [1.165, 1.54) is 0 Å². The van der Waals surface area contributed by atoms with Gasteiger partial charge in [0.2, 0.25) is 11.8 Å². The summed E-state index contributed by atoms with van der Waals surface area (Å²) in [5.41, 5.74) is 0.852. The van der Waals surface area contributed by atoms with Crippen molar-refractivity contribution >= 4 is 11.8 Å². The number of nitrogens with zero attached hydrogens (tertiary/aromatic N) is 1. The second-order valence-electron chi connectivity index (χ2n) is 10.0. The smallest absolute Gasteiger partial charge is 0.223 e. The van der Waals surface area contributed by atoms with Crippen molar-refractivity contribution in [1.82, 2.24) is 15.6 Å². The molecular weight excluding hydrogens is 406 g/mol. The van der Waals surface area contributed by atoms with Gasteiger partial charge in [0.15, 0.2) is 0 Å². The number of hydrogen-bond donors (Lipinski definition) is 3. The third-order valence-corrected chi connectivity index (χ3v) is 7.99. The summed E-state index contributed by atoms with van der Waals surface area (Å²) in [6.07, 6.45) is 5.21.